The van der Waals surface area contributed by atoms with Crippen LogP contribution in [0.4, 0.5) is 0 Å². The van der Waals surface area contributed by atoms with Crippen molar-refractivity contribution in [1.29, 1.82) is 0 Å². The summed E-state index contributed by atoms with van der Waals surface area (Å²) in [5.41, 5.74) is 3.87. The Labute approximate surface area is 200 Å². The van der Waals surface area contributed by atoms with Crippen molar-refractivity contribution in [3.8, 4) is 5.75 Å². The first-order chi connectivity index (χ1) is 16.9. The number of carbonyl (C=O) groups excluding carboxylic acids is 2. The molecular weight excluding hydrogens is 450 g/mol. The van der Waals surface area contributed by atoms with Gasteiger partial charge in [-0.05, 0) is 42.7 Å². The summed E-state index contributed by atoms with van der Waals surface area (Å²) in [6, 6.07) is 13.3. The number of fused-ring (bicyclic) bond motifs is 4. The summed E-state index contributed by atoms with van der Waals surface area (Å²) in [4.78, 5) is 42.1. The summed E-state index contributed by atoms with van der Waals surface area (Å²) in [7, 11) is 0. The maximum Gasteiger partial charge on any atom is 0.336 e. The lowest BCUT2D eigenvalue weighted by Gasteiger charge is -2.30. The van der Waals surface area contributed by atoms with Crippen molar-refractivity contribution >= 4 is 33.7 Å². The molecule has 1 aliphatic heterocycles. The number of hydrogen-bond donors (Lipinski definition) is 3. The molecule has 0 aliphatic carbocycles. The van der Waals surface area contributed by atoms with Gasteiger partial charge in [-0.15, -0.1) is 0 Å². The van der Waals surface area contributed by atoms with E-state index < -0.39 is 24.2 Å². The number of nitrogens with zero attached hydrogens (tertiary/aromatic N) is 1. The van der Waals surface area contributed by atoms with Crippen LogP contribution < -0.4 is 15.7 Å². The zero-order chi connectivity index (χ0) is 24.5. The number of rotatable bonds is 6. The first-order valence-corrected chi connectivity index (χ1v) is 11.4. The minimum Gasteiger partial charge on any atom is -0.484 e. The van der Waals surface area contributed by atoms with Crippen LogP contribution in [0.15, 0.2) is 57.7 Å². The Hall–Kier alpha value is -4.11. The van der Waals surface area contributed by atoms with E-state index in [0.29, 0.717) is 30.8 Å². The average molecular weight is 476 g/mol. The molecule has 1 atom stereocenters. The van der Waals surface area contributed by atoms with Crippen LogP contribution >= 0.6 is 0 Å². The fraction of sp³-hybridized carbons (Fsp3) is 0.269. The number of aromatic amines is 1. The topological polar surface area (TPSA) is 125 Å². The molecule has 2 amide bonds. The van der Waals surface area contributed by atoms with Gasteiger partial charge in [0.05, 0.1) is 13.2 Å². The third-order valence-electron chi connectivity index (χ3n) is 6.30. The van der Waals surface area contributed by atoms with Gasteiger partial charge in [0.25, 0.3) is 5.91 Å². The lowest BCUT2D eigenvalue weighted by molar-refractivity contribution is -0.138. The van der Waals surface area contributed by atoms with E-state index in [1.165, 1.54) is 17.7 Å². The Morgan fingerprint density at radius 2 is 2.03 bits per heavy atom. The maximum atomic E-state index is 13.0. The molecule has 9 heteroatoms. The number of nitrogens with one attached hydrogen (secondary N) is 2. The highest BCUT2D eigenvalue weighted by molar-refractivity contribution is 5.89. The van der Waals surface area contributed by atoms with E-state index in [4.69, 9.17) is 9.15 Å². The Kier molecular flexibility index (Phi) is 6.00. The van der Waals surface area contributed by atoms with Gasteiger partial charge in [-0.1, -0.05) is 18.2 Å². The Morgan fingerprint density at radius 3 is 2.86 bits per heavy atom. The molecule has 5 rings (SSSR count). The lowest BCUT2D eigenvalue weighted by atomic mass is 10.0. The van der Waals surface area contributed by atoms with E-state index in [1.54, 1.807) is 24.0 Å². The zero-order valence-corrected chi connectivity index (χ0v) is 19.2. The van der Waals surface area contributed by atoms with Gasteiger partial charge in [0.1, 0.15) is 17.4 Å². The van der Waals surface area contributed by atoms with E-state index in [9.17, 15) is 19.5 Å². The number of amides is 2. The SMILES string of the molecule is Cc1cc(=O)oc2cc(OCC(=O)N[C@@H](CO)C(=O)N3CCc4c([nH]c5ccccc45)C3)ccc12. The Morgan fingerprint density at radius 1 is 1.20 bits per heavy atom. The average Bonchev–Trinajstić information content (AvgIpc) is 3.23. The Balaban J connectivity index is 1.21. The van der Waals surface area contributed by atoms with E-state index in [1.807, 2.05) is 18.2 Å². The first-order valence-electron chi connectivity index (χ1n) is 11.4. The number of carbonyl (C=O) groups is 2. The fourth-order valence-electron chi connectivity index (χ4n) is 4.57. The molecule has 35 heavy (non-hydrogen) atoms. The summed E-state index contributed by atoms with van der Waals surface area (Å²) in [5, 5.41) is 14.3. The Bertz CT molecular complexity index is 1490. The molecule has 180 valence electrons. The second-order valence-electron chi connectivity index (χ2n) is 8.64. The van der Waals surface area contributed by atoms with Gasteiger partial charge in [0, 0.05) is 40.7 Å². The molecule has 1 aliphatic rings. The number of H-pyrrole nitrogens is 1. The van der Waals surface area contributed by atoms with Crippen LogP contribution in [0.2, 0.25) is 0 Å². The quantitative estimate of drug-likeness (QED) is 0.367. The van der Waals surface area contributed by atoms with Gasteiger partial charge in [-0.25, -0.2) is 4.79 Å². The van der Waals surface area contributed by atoms with Crippen LogP contribution in [-0.4, -0.2) is 52.6 Å². The molecule has 2 aromatic carbocycles. The number of aryl methyl sites for hydroxylation is 1. The number of aliphatic hydroxyl groups is 1. The highest BCUT2D eigenvalue weighted by Crippen LogP contribution is 2.27. The molecule has 2 aromatic heterocycles. The van der Waals surface area contributed by atoms with Gasteiger partial charge in [-0.3, -0.25) is 9.59 Å². The zero-order valence-electron chi connectivity index (χ0n) is 19.2. The van der Waals surface area contributed by atoms with Crippen molar-refractivity contribution in [2.75, 3.05) is 19.8 Å². The first kappa shape index (κ1) is 22.7. The van der Waals surface area contributed by atoms with Crippen LogP contribution in [-0.2, 0) is 22.6 Å². The molecule has 3 heterocycles. The lowest BCUT2D eigenvalue weighted by Crippen LogP contribution is -2.52. The number of para-hydroxylation sites is 1. The molecule has 0 spiro atoms. The highest BCUT2D eigenvalue weighted by Gasteiger charge is 2.29. The monoisotopic (exact) mass is 475 g/mol. The van der Waals surface area contributed by atoms with Crippen LogP contribution in [0.1, 0.15) is 16.8 Å². The van der Waals surface area contributed by atoms with E-state index in [2.05, 4.69) is 16.4 Å². The molecule has 0 saturated heterocycles. The van der Waals surface area contributed by atoms with Crippen LogP contribution in [0.5, 0.6) is 5.75 Å². The predicted octanol–water partition coefficient (Wildman–Crippen LogP) is 2.02. The van der Waals surface area contributed by atoms with Crippen molar-refractivity contribution in [3.05, 3.63) is 75.8 Å². The van der Waals surface area contributed by atoms with Gasteiger partial charge in [-0.2, -0.15) is 0 Å². The molecule has 3 N–H and O–H groups in total. The largest absolute Gasteiger partial charge is 0.484 e. The third-order valence-corrected chi connectivity index (χ3v) is 6.30. The molecule has 4 aromatic rings. The third kappa shape index (κ3) is 4.50. The molecule has 0 unspecified atom stereocenters. The summed E-state index contributed by atoms with van der Waals surface area (Å²) >= 11 is 0. The van der Waals surface area contributed by atoms with Crippen molar-refractivity contribution < 1.29 is 23.8 Å². The second-order valence-corrected chi connectivity index (χ2v) is 8.64. The van der Waals surface area contributed by atoms with Crippen LogP contribution in [0.3, 0.4) is 0 Å². The number of benzene rings is 2. The van der Waals surface area contributed by atoms with Crippen molar-refractivity contribution in [2.24, 2.45) is 0 Å². The van der Waals surface area contributed by atoms with Crippen LogP contribution in [0, 0.1) is 6.92 Å². The van der Waals surface area contributed by atoms with Gasteiger partial charge in [0.2, 0.25) is 5.91 Å². The number of aliphatic hydroxyl groups excluding tert-OH is 1. The number of hydrogen-bond acceptors (Lipinski definition) is 6. The molecule has 0 saturated carbocycles. The number of aromatic nitrogens is 1. The maximum absolute atomic E-state index is 13.0. The van der Waals surface area contributed by atoms with Gasteiger partial charge >= 0.3 is 5.63 Å². The summed E-state index contributed by atoms with van der Waals surface area (Å²) < 4.78 is 10.7. The van der Waals surface area contributed by atoms with E-state index in [0.717, 1.165) is 27.5 Å². The molecular formula is C26H25N3O6. The second kappa shape index (κ2) is 9.27. The standard InChI is InChI=1S/C26H25N3O6/c1-15-10-25(32)35-23-11-16(6-7-17(15)23)34-14-24(31)28-22(13-30)26(33)29-9-8-19-18-4-2-3-5-20(18)27-21(19)12-29/h2-7,10-11,22,27,30H,8-9,12-14H2,1H3,(H,28,31)/t22-/m0/s1. The van der Waals surface area contributed by atoms with Crippen LogP contribution in [0.25, 0.3) is 21.9 Å². The molecule has 9 nitrogen and oxygen atoms in total. The van der Waals surface area contributed by atoms with Crippen molar-refractivity contribution in [1.82, 2.24) is 15.2 Å². The van der Waals surface area contributed by atoms with E-state index >= 15 is 0 Å². The summed E-state index contributed by atoms with van der Waals surface area (Å²) in [6.45, 7) is 1.80. The minimum atomic E-state index is -1.07. The normalized spacial score (nSPS) is 14.1. The van der Waals surface area contributed by atoms with Gasteiger partial charge < -0.3 is 29.5 Å². The smallest absolute Gasteiger partial charge is 0.336 e. The summed E-state index contributed by atoms with van der Waals surface area (Å²) in [6.07, 6.45) is 0.692. The molecule has 0 bridgehead atoms. The summed E-state index contributed by atoms with van der Waals surface area (Å²) in [5.74, 6) is -0.560. The van der Waals surface area contributed by atoms with E-state index in [-0.39, 0.29) is 12.5 Å². The fourth-order valence-corrected chi connectivity index (χ4v) is 4.57. The number of ether oxygens (including phenoxy) is 1. The van der Waals surface area contributed by atoms with Crippen molar-refractivity contribution in [2.45, 2.75) is 25.9 Å². The predicted molar refractivity (Wildman–Crippen MR) is 129 cm³/mol. The molecule has 0 fully saturated rings. The van der Waals surface area contributed by atoms with Crippen molar-refractivity contribution in [3.63, 3.8) is 0 Å². The van der Waals surface area contributed by atoms with Gasteiger partial charge in [0.15, 0.2) is 6.61 Å². The minimum absolute atomic E-state index is 0.343. The molecule has 0 radical (unpaired) electrons. The highest BCUT2D eigenvalue weighted by atomic mass is 16.5.